The number of carbonyl (C=O) groups is 1. The van der Waals surface area contributed by atoms with Crippen LogP contribution in [0.3, 0.4) is 0 Å². The zero-order valence-corrected chi connectivity index (χ0v) is 24.4. The van der Waals surface area contributed by atoms with Crippen molar-refractivity contribution < 1.29 is 33.0 Å². The maximum atomic E-state index is 14.1. The van der Waals surface area contributed by atoms with E-state index in [-0.39, 0.29) is 24.1 Å². The number of anilines is 1. The summed E-state index contributed by atoms with van der Waals surface area (Å²) in [5.74, 6) is 2.78. The molecule has 1 saturated carbocycles. The van der Waals surface area contributed by atoms with E-state index < -0.39 is 44.3 Å². The highest BCUT2D eigenvalue weighted by Gasteiger charge is 2.50. The van der Waals surface area contributed by atoms with Crippen molar-refractivity contribution >= 4 is 30.7 Å². The van der Waals surface area contributed by atoms with Crippen LogP contribution in [0.4, 0.5) is 5.82 Å². The van der Waals surface area contributed by atoms with Gasteiger partial charge >= 0.3 is 13.7 Å². The predicted octanol–water partition coefficient (Wildman–Crippen LogP) is 3.43. The molecule has 2 aliphatic rings. The molecule has 0 unspecified atom stereocenters. The molecule has 13 nitrogen and oxygen atoms in total. The minimum atomic E-state index is -4.27. The van der Waals surface area contributed by atoms with E-state index in [1.165, 1.54) is 13.3 Å². The molecule has 2 fully saturated rings. The van der Waals surface area contributed by atoms with E-state index >= 15 is 0 Å². The van der Waals surface area contributed by atoms with Crippen LogP contribution in [-0.4, -0.2) is 61.1 Å². The summed E-state index contributed by atoms with van der Waals surface area (Å²) in [5, 5.41) is 13.7. The number of nitrogens with two attached hydrogens (primary N) is 1. The number of para-hydroxylation sites is 1. The van der Waals surface area contributed by atoms with E-state index in [1.54, 1.807) is 41.8 Å². The average Bonchev–Trinajstić information content (AvgIpc) is 3.54. The molecule has 5 rings (SSSR count). The zero-order valence-electron chi connectivity index (χ0n) is 23.5. The number of rotatable bonds is 10. The number of nitrogens with zero attached hydrogens (tertiary/aromatic N) is 4. The molecule has 1 aromatic carbocycles. The maximum Gasteiger partial charge on any atom is 0.459 e. The van der Waals surface area contributed by atoms with Gasteiger partial charge in [-0.25, -0.2) is 19.5 Å². The number of terminal acetylenes is 1. The lowest BCUT2D eigenvalue weighted by atomic mass is 9.98. The van der Waals surface area contributed by atoms with Crippen molar-refractivity contribution in [1.82, 2.24) is 24.6 Å². The zero-order chi connectivity index (χ0) is 29.9. The topological polar surface area (TPSA) is 173 Å². The highest BCUT2D eigenvalue weighted by Crippen LogP contribution is 2.48. The Morgan fingerprint density at radius 1 is 1.31 bits per heavy atom. The Hall–Kier alpha value is -3.53. The lowest BCUT2D eigenvalue weighted by molar-refractivity contribution is -0.152. The summed E-state index contributed by atoms with van der Waals surface area (Å²) in [4.78, 5) is 25.7. The number of aryl methyl sites for hydroxylation is 1. The van der Waals surface area contributed by atoms with Crippen LogP contribution in [0, 0.1) is 19.3 Å². The number of carbonyl (C=O) groups excluding carboxylic acids is 1. The summed E-state index contributed by atoms with van der Waals surface area (Å²) in [6.45, 7) is 2.69. The summed E-state index contributed by atoms with van der Waals surface area (Å²) in [6.07, 6.45) is 9.88. The molecule has 4 N–H and O–H groups in total. The van der Waals surface area contributed by atoms with Gasteiger partial charge in [0.25, 0.3) is 0 Å². The van der Waals surface area contributed by atoms with E-state index in [0.717, 1.165) is 32.1 Å². The second kappa shape index (κ2) is 12.4. The van der Waals surface area contributed by atoms with Gasteiger partial charge in [-0.05, 0) is 51.7 Å². The molecular weight excluding hydrogens is 563 g/mol. The number of aromatic nitrogens is 4. The molecule has 42 heavy (non-hydrogen) atoms. The molecule has 224 valence electrons. The predicted molar refractivity (Wildman–Crippen MR) is 153 cm³/mol. The van der Waals surface area contributed by atoms with Crippen molar-refractivity contribution in [3.05, 3.63) is 42.5 Å². The van der Waals surface area contributed by atoms with Crippen LogP contribution >= 0.6 is 7.75 Å². The molecule has 0 radical (unpaired) electrons. The monoisotopic (exact) mass is 598 g/mol. The molecule has 3 heterocycles. The van der Waals surface area contributed by atoms with Crippen LogP contribution in [0.15, 0.2) is 36.7 Å². The van der Waals surface area contributed by atoms with Crippen molar-refractivity contribution in [3.63, 3.8) is 0 Å². The number of ether oxygens (including phenoxy) is 2. The van der Waals surface area contributed by atoms with Crippen molar-refractivity contribution in [3.8, 4) is 18.1 Å². The Bertz CT molecular complexity index is 1510. The number of esters is 1. The molecule has 0 bridgehead atoms. The van der Waals surface area contributed by atoms with Gasteiger partial charge in [0.1, 0.15) is 48.2 Å². The first-order valence-electron chi connectivity index (χ1n) is 13.9. The highest BCUT2D eigenvalue weighted by atomic mass is 31.2. The van der Waals surface area contributed by atoms with Crippen molar-refractivity contribution in [1.29, 1.82) is 0 Å². The molecule has 14 heteroatoms. The number of hydrogen-bond donors (Lipinski definition) is 3. The van der Waals surface area contributed by atoms with Gasteiger partial charge in [-0.15, -0.1) is 6.42 Å². The third-order valence-corrected chi connectivity index (χ3v) is 9.01. The number of nitrogens with one attached hydrogen (secondary N) is 1. The van der Waals surface area contributed by atoms with Crippen LogP contribution in [-0.2, 0) is 23.4 Å². The van der Waals surface area contributed by atoms with Gasteiger partial charge in [0.05, 0.1) is 6.33 Å². The number of fused-ring (bicyclic) bond motifs is 1. The summed E-state index contributed by atoms with van der Waals surface area (Å²) >= 11 is 0. The van der Waals surface area contributed by atoms with E-state index in [9.17, 15) is 14.5 Å². The van der Waals surface area contributed by atoms with Gasteiger partial charge in [-0.3, -0.25) is 13.9 Å². The largest absolute Gasteiger partial charge is 0.461 e. The van der Waals surface area contributed by atoms with Gasteiger partial charge < -0.3 is 24.8 Å². The first-order chi connectivity index (χ1) is 20.1. The lowest BCUT2D eigenvalue weighted by Gasteiger charge is -2.30. The second-order valence-electron chi connectivity index (χ2n) is 10.6. The normalized spacial score (nSPS) is 25.0. The molecule has 2 aromatic heterocycles. The molecule has 5 atom stereocenters. The maximum absolute atomic E-state index is 14.1. The Kier molecular flexibility index (Phi) is 8.82. The minimum Gasteiger partial charge on any atom is -0.461 e. The van der Waals surface area contributed by atoms with Crippen LogP contribution in [0.25, 0.3) is 11.2 Å². The molecule has 1 saturated heterocycles. The number of imidazole rings is 1. The molecule has 3 aromatic rings. The second-order valence-corrected chi connectivity index (χ2v) is 12.3. The first kappa shape index (κ1) is 29.9. The Morgan fingerprint density at radius 3 is 2.76 bits per heavy atom. The number of hydrogen-bond acceptors (Lipinski definition) is 11. The van der Waals surface area contributed by atoms with Gasteiger partial charge in [0.2, 0.25) is 0 Å². The number of aliphatic hydroxyl groups is 1. The smallest absolute Gasteiger partial charge is 0.459 e. The molecule has 0 spiro atoms. The van der Waals surface area contributed by atoms with Crippen LogP contribution in [0.5, 0.6) is 5.75 Å². The summed E-state index contributed by atoms with van der Waals surface area (Å²) < 4.78 is 39.0. The van der Waals surface area contributed by atoms with Crippen LogP contribution < -0.4 is 15.3 Å². The van der Waals surface area contributed by atoms with Crippen LogP contribution in [0.2, 0.25) is 0 Å². The quantitative estimate of drug-likeness (QED) is 0.177. The standard InChI is InChI=1S/C28H35N6O7P/c1-4-28(22(35)15-23(40-28)34-17-30-24-25(29)31-19(3)32-26(24)34)16-38-42(37,41-21-13-9-6-10-14-21)33-18(2)27(36)39-20-11-7-5-8-12-20/h1,6,9-10,13-14,17-18,20,22-23,35H,5,7-8,11-12,15-16H2,2-3H3,(H,33,37)(H2,29,31,32)/t18-,22-,23+,28+,42-/m0/s1. The number of benzene rings is 1. The van der Waals surface area contributed by atoms with Gasteiger partial charge in [0.15, 0.2) is 17.1 Å². The summed E-state index contributed by atoms with van der Waals surface area (Å²) in [5.41, 5.74) is 5.08. The highest BCUT2D eigenvalue weighted by molar-refractivity contribution is 7.52. The fraction of sp³-hybridized carbons (Fsp3) is 0.500. The van der Waals surface area contributed by atoms with Gasteiger partial charge in [0, 0.05) is 6.42 Å². The number of aliphatic hydroxyl groups excluding tert-OH is 1. The van der Waals surface area contributed by atoms with E-state index in [4.69, 9.17) is 30.7 Å². The van der Waals surface area contributed by atoms with Gasteiger partial charge in [-0.1, -0.05) is 30.5 Å². The van der Waals surface area contributed by atoms with E-state index in [2.05, 4.69) is 26.0 Å². The van der Waals surface area contributed by atoms with Crippen molar-refractivity contribution in [2.75, 3.05) is 12.3 Å². The van der Waals surface area contributed by atoms with E-state index in [1.807, 2.05) is 0 Å². The average molecular weight is 599 g/mol. The van der Waals surface area contributed by atoms with E-state index in [0.29, 0.717) is 17.0 Å². The third kappa shape index (κ3) is 6.43. The number of nitrogen functional groups attached to an aromatic ring is 1. The van der Waals surface area contributed by atoms with Crippen molar-refractivity contribution in [2.24, 2.45) is 0 Å². The fourth-order valence-electron chi connectivity index (χ4n) is 5.12. The lowest BCUT2D eigenvalue weighted by Crippen LogP contribution is -2.44. The molecule has 1 aliphatic carbocycles. The molecule has 1 aliphatic heterocycles. The summed E-state index contributed by atoms with van der Waals surface area (Å²) in [6, 6.07) is 7.33. The Balaban J connectivity index is 1.33. The van der Waals surface area contributed by atoms with Crippen LogP contribution in [0.1, 0.15) is 57.5 Å². The molecule has 0 amide bonds. The minimum absolute atomic E-state index is 0.0589. The fourth-order valence-corrected chi connectivity index (χ4v) is 6.64. The SMILES string of the molecule is C#C[C@]1(CO[P@@](=O)(N[C@@H](C)C(=O)OC2CCCCC2)Oc2ccccc2)O[C@@H](n2cnc3c(N)nc(C)nc32)C[C@@H]1O. The Labute approximate surface area is 243 Å². The Morgan fingerprint density at radius 2 is 2.05 bits per heavy atom. The van der Waals surface area contributed by atoms with Gasteiger partial charge in [-0.2, -0.15) is 5.09 Å². The van der Waals surface area contributed by atoms with Crippen molar-refractivity contribution in [2.45, 2.75) is 82.5 Å². The third-order valence-electron chi connectivity index (χ3n) is 7.38. The molecular formula is C28H35N6O7P. The summed E-state index contributed by atoms with van der Waals surface area (Å²) in [7, 11) is -4.27. The first-order valence-corrected chi connectivity index (χ1v) is 15.4.